The third-order valence-corrected chi connectivity index (χ3v) is 3.93. The van der Waals surface area contributed by atoms with Gasteiger partial charge in [0.2, 0.25) is 0 Å². The fraction of sp³-hybridized carbons (Fsp3) is 0.647. The molecule has 1 rings (SSSR count). The van der Waals surface area contributed by atoms with E-state index in [1.165, 1.54) is 37.7 Å². The van der Waals surface area contributed by atoms with Crippen molar-refractivity contribution in [2.24, 2.45) is 0 Å². The molecule has 0 amide bonds. The SMILES string of the molecule is CCCCCCC(C)(C)c1cc(C)c(O)c(C)c1. The van der Waals surface area contributed by atoms with Crippen LogP contribution in [0.2, 0.25) is 0 Å². The summed E-state index contributed by atoms with van der Waals surface area (Å²) in [5, 5.41) is 9.84. The Morgan fingerprint density at radius 3 is 2.06 bits per heavy atom. The van der Waals surface area contributed by atoms with Crippen molar-refractivity contribution in [3.63, 3.8) is 0 Å². The van der Waals surface area contributed by atoms with Gasteiger partial charge in [-0.05, 0) is 42.4 Å². The van der Waals surface area contributed by atoms with Gasteiger partial charge in [0.05, 0.1) is 0 Å². The molecule has 0 radical (unpaired) electrons. The summed E-state index contributed by atoms with van der Waals surface area (Å²) in [6, 6.07) is 4.28. The minimum atomic E-state index is 0.205. The van der Waals surface area contributed by atoms with E-state index in [2.05, 4.69) is 32.9 Å². The first-order valence-electron chi connectivity index (χ1n) is 7.19. The van der Waals surface area contributed by atoms with Crippen LogP contribution in [0.4, 0.5) is 0 Å². The molecule has 1 aromatic rings. The average Bonchev–Trinajstić information content (AvgIpc) is 2.31. The van der Waals surface area contributed by atoms with E-state index in [0.29, 0.717) is 5.75 Å². The summed E-state index contributed by atoms with van der Waals surface area (Å²) >= 11 is 0. The lowest BCUT2D eigenvalue weighted by molar-refractivity contribution is 0.440. The largest absolute Gasteiger partial charge is 0.507 e. The van der Waals surface area contributed by atoms with Gasteiger partial charge < -0.3 is 5.11 Å². The number of aromatic hydroxyl groups is 1. The van der Waals surface area contributed by atoms with Crippen molar-refractivity contribution in [2.75, 3.05) is 0 Å². The molecule has 0 heterocycles. The molecule has 0 atom stereocenters. The molecule has 1 heteroatoms. The zero-order valence-corrected chi connectivity index (χ0v) is 12.6. The van der Waals surface area contributed by atoms with E-state index in [4.69, 9.17) is 0 Å². The van der Waals surface area contributed by atoms with Crippen molar-refractivity contribution >= 4 is 0 Å². The highest BCUT2D eigenvalue weighted by molar-refractivity contribution is 5.44. The first kappa shape index (κ1) is 15.1. The molecule has 0 aliphatic heterocycles. The van der Waals surface area contributed by atoms with Crippen LogP contribution in [-0.4, -0.2) is 5.11 Å². The molecule has 0 aromatic heterocycles. The van der Waals surface area contributed by atoms with Crippen molar-refractivity contribution < 1.29 is 5.11 Å². The predicted molar refractivity (Wildman–Crippen MR) is 79.4 cm³/mol. The summed E-state index contributed by atoms with van der Waals surface area (Å²) < 4.78 is 0. The van der Waals surface area contributed by atoms with Gasteiger partial charge in [-0.2, -0.15) is 0 Å². The van der Waals surface area contributed by atoms with Gasteiger partial charge in [-0.15, -0.1) is 0 Å². The van der Waals surface area contributed by atoms with Crippen molar-refractivity contribution in [3.05, 3.63) is 28.8 Å². The standard InChI is InChI=1S/C17H28O/c1-6-7-8-9-10-17(4,5)15-11-13(2)16(18)14(3)12-15/h11-12,18H,6-10H2,1-5H3. The molecule has 1 N–H and O–H groups in total. The molecule has 0 aliphatic carbocycles. The quantitative estimate of drug-likeness (QED) is 0.681. The molecule has 0 fully saturated rings. The van der Waals surface area contributed by atoms with E-state index in [0.717, 1.165) is 11.1 Å². The highest BCUT2D eigenvalue weighted by Crippen LogP contribution is 2.33. The minimum absolute atomic E-state index is 0.205. The van der Waals surface area contributed by atoms with Crippen LogP contribution < -0.4 is 0 Å². The van der Waals surface area contributed by atoms with Gasteiger partial charge in [-0.25, -0.2) is 0 Å². The Bertz CT molecular complexity index is 368. The summed E-state index contributed by atoms with van der Waals surface area (Å²) in [5.41, 5.74) is 3.54. The maximum atomic E-state index is 9.84. The Labute approximate surface area is 112 Å². The molecule has 18 heavy (non-hydrogen) atoms. The van der Waals surface area contributed by atoms with Crippen LogP contribution in [0.15, 0.2) is 12.1 Å². The van der Waals surface area contributed by atoms with Crippen molar-refractivity contribution in [1.82, 2.24) is 0 Å². The van der Waals surface area contributed by atoms with Gasteiger partial charge in [0.15, 0.2) is 0 Å². The lowest BCUT2D eigenvalue weighted by atomic mass is 9.79. The second kappa shape index (κ2) is 6.26. The van der Waals surface area contributed by atoms with E-state index in [9.17, 15) is 5.11 Å². The molecule has 0 saturated heterocycles. The fourth-order valence-electron chi connectivity index (χ4n) is 2.48. The highest BCUT2D eigenvalue weighted by atomic mass is 16.3. The van der Waals surface area contributed by atoms with Crippen LogP contribution in [-0.2, 0) is 5.41 Å². The van der Waals surface area contributed by atoms with Gasteiger partial charge in [0.25, 0.3) is 0 Å². The zero-order chi connectivity index (χ0) is 13.8. The zero-order valence-electron chi connectivity index (χ0n) is 12.6. The normalized spacial score (nSPS) is 11.8. The first-order valence-corrected chi connectivity index (χ1v) is 7.19. The summed E-state index contributed by atoms with van der Waals surface area (Å²) in [6.45, 7) is 10.8. The fourth-order valence-corrected chi connectivity index (χ4v) is 2.48. The third-order valence-electron chi connectivity index (χ3n) is 3.93. The second-order valence-electron chi connectivity index (χ2n) is 6.15. The molecule has 0 unspecified atom stereocenters. The topological polar surface area (TPSA) is 20.2 Å². The Kier molecular flexibility index (Phi) is 5.25. The Balaban J connectivity index is 2.78. The third kappa shape index (κ3) is 3.76. The number of aryl methyl sites for hydroxylation is 2. The van der Waals surface area contributed by atoms with Crippen molar-refractivity contribution in [2.45, 2.75) is 72.1 Å². The van der Waals surface area contributed by atoms with Crippen LogP contribution in [0.1, 0.15) is 69.6 Å². The lowest BCUT2D eigenvalue weighted by Crippen LogP contribution is -2.17. The summed E-state index contributed by atoms with van der Waals surface area (Å²) in [6.07, 6.45) is 6.47. The van der Waals surface area contributed by atoms with Crippen LogP contribution in [0.25, 0.3) is 0 Å². The Morgan fingerprint density at radius 2 is 1.56 bits per heavy atom. The summed E-state index contributed by atoms with van der Waals surface area (Å²) in [7, 11) is 0. The van der Waals surface area contributed by atoms with Crippen LogP contribution in [0.3, 0.4) is 0 Å². The van der Waals surface area contributed by atoms with E-state index in [1.54, 1.807) is 0 Å². The number of benzene rings is 1. The maximum absolute atomic E-state index is 9.84. The van der Waals surface area contributed by atoms with Gasteiger partial charge in [-0.1, -0.05) is 58.6 Å². The number of unbranched alkanes of at least 4 members (excludes halogenated alkanes) is 3. The van der Waals surface area contributed by atoms with Gasteiger partial charge in [0, 0.05) is 0 Å². The lowest BCUT2D eigenvalue weighted by Gasteiger charge is -2.26. The Morgan fingerprint density at radius 1 is 1.00 bits per heavy atom. The van der Waals surface area contributed by atoms with Gasteiger partial charge >= 0.3 is 0 Å². The van der Waals surface area contributed by atoms with Crippen molar-refractivity contribution in [3.8, 4) is 5.75 Å². The van der Waals surface area contributed by atoms with Crippen LogP contribution in [0.5, 0.6) is 5.75 Å². The van der Waals surface area contributed by atoms with E-state index in [1.807, 2.05) is 13.8 Å². The number of hydrogen-bond acceptors (Lipinski definition) is 1. The van der Waals surface area contributed by atoms with Crippen molar-refractivity contribution in [1.29, 1.82) is 0 Å². The van der Waals surface area contributed by atoms with E-state index >= 15 is 0 Å². The van der Waals surface area contributed by atoms with E-state index in [-0.39, 0.29) is 5.41 Å². The summed E-state index contributed by atoms with van der Waals surface area (Å²) in [4.78, 5) is 0. The average molecular weight is 248 g/mol. The molecule has 1 nitrogen and oxygen atoms in total. The number of phenolic OH excluding ortho intramolecular Hbond substituents is 1. The molecule has 1 aromatic carbocycles. The van der Waals surface area contributed by atoms with Gasteiger partial charge in [0.1, 0.15) is 5.75 Å². The smallest absolute Gasteiger partial charge is 0.121 e. The molecule has 102 valence electrons. The molecular weight excluding hydrogens is 220 g/mol. The molecular formula is C17H28O. The summed E-state index contributed by atoms with van der Waals surface area (Å²) in [5.74, 6) is 0.445. The molecule has 0 aliphatic rings. The van der Waals surface area contributed by atoms with Gasteiger partial charge in [-0.3, -0.25) is 0 Å². The highest BCUT2D eigenvalue weighted by Gasteiger charge is 2.21. The number of rotatable bonds is 6. The Hall–Kier alpha value is -0.980. The first-order chi connectivity index (χ1) is 8.38. The monoisotopic (exact) mass is 248 g/mol. The maximum Gasteiger partial charge on any atom is 0.121 e. The molecule has 0 spiro atoms. The minimum Gasteiger partial charge on any atom is -0.507 e. The molecule has 0 saturated carbocycles. The predicted octanol–water partition coefficient (Wildman–Crippen LogP) is 5.26. The van der Waals surface area contributed by atoms with Crippen LogP contribution >= 0.6 is 0 Å². The van der Waals surface area contributed by atoms with E-state index < -0.39 is 0 Å². The second-order valence-corrected chi connectivity index (χ2v) is 6.15. The van der Waals surface area contributed by atoms with Crippen LogP contribution in [0, 0.1) is 13.8 Å². The molecule has 0 bridgehead atoms. The number of hydrogen-bond donors (Lipinski definition) is 1. The number of phenols is 1.